The zero-order valence-electron chi connectivity index (χ0n) is 11.6. The van der Waals surface area contributed by atoms with Crippen molar-refractivity contribution in [1.29, 1.82) is 0 Å². The molecule has 1 aromatic carbocycles. The van der Waals surface area contributed by atoms with Crippen LogP contribution in [-0.4, -0.2) is 41.7 Å². The van der Waals surface area contributed by atoms with E-state index in [1.165, 1.54) is 5.56 Å². The monoisotopic (exact) mass is 280 g/mol. The molecule has 0 bridgehead atoms. The van der Waals surface area contributed by atoms with E-state index in [4.69, 9.17) is 23.1 Å². The molecule has 0 aliphatic heterocycles. The highest BCUT2D eigenvalue weighted by atomic mass is 32.1. The molecule has 0 radical (unpaired) electrons. The van der Waals surface area contributed by atoms with Gasteiger partial charge in [0.1, 0.15) is 0 Å². The van der Waals surface area contributed by atoms with E-state index in [1.807, 2.05) is 18.2 Å². The molecule has 0 saturated heterocycles. The van der Waals surface area contributed by atoms with Gasteiger partial charge in [-0.3, -0.25) is 0 Å². The first-order valence-electron chi connectivity index (χ1n) is 6.78. The van der Waals surface area contributed by atoms with Crippen LogP contribution in [0.3, 0.4) is 0 Å². The summed E-state index contributed by atoms with van der Waals surface area (Å²) in [4.78, 5) is 2.81. The number of nitrogens with zero attached hydrogens (tertiary/aromatic N) is 1. The van der Waals surface area contributed by atoms with Gasteiger partial charge in [-0.1, -0.05) is 42.5 Å². The van der Waals surface area contributed by atoms with Crippen molar-refractivity contribution in [1.82, 2.24) is 4.90 Å². The Morgan fingerprint density at radius 1 is 1.26 bits per heavy atom. The Hall–Kier alpha value is -0.970. The molecule has 0 spiro atoms. The van der Waals surface area contributed by atoms with Crippen LogP contribution < -0.4 is 5.73 Å². The van der Waals surface area contributed by atoms with Crippen molar-refractivity contribution in [2.24, 2.45) is 5.73 Å². The Kier molecular flexibility index (Phi) is 7.63. The van der Waals surface area contributed by atoms with Gasteiger partial charge in [-0.25, -0.2) is 0 Å². The summed E-state index contributed by atoms with van der Waals surface area (Å²) in [6, 6.07) is 10.2. The minimum Gasteiger partial charge on any atom is -0.396 e. The van der Waals surface area contributed by atoms with Crippen LogP contribution in [-0.2, 0) is 0 Å². The maximum absolute atomic E-state index is 8.75. The lowest BCUT2D eigenvalue weighted by molar-refractivity contribution is 0.272. The molecular formula is C15H24N2OS. The Balaban J connectivity index is 2.48. The third-order valence-corrected chi connectivity index (χ3v) is 3.52. The second-order valence-electron chi connectivity index (χ2n) is 4.91. The number of likely N-dealkylation sites (N-methyl/N-ethyl adjacent to an activating group) is 1. The van der Waals surface area contributed by atoms with E-state index in [-0.39, 0.29) is 12.5 Å². The molecule has 4 heteroatoms. The van der Waals surface area contributed by atoms with Gasteiger partial charge in [0.2, 0.25) is 0 Å². The largest absolute Gasteiger partial charge is 0.396 e. The van der Waals surface area contributed by atoms with Crippen molar-refractivity contribution in [2.75, 3.05) is 26.7 Å². The molecule has 1 unspecified atom stereocenters. The van der Waals surface area contributed by atoms with Crippen molar-refractivity contribution in [2.45, 2.75) is 25.2 Å². The highest BCUT2D eigenvalue weighted by Crippen LogP contribution is 2.17. The summed E-state index contributed by atoms with van der Waals surface area (Å²) in [6.45, 7) is 2.13. The van der Waals surface area contributed by atoms with Gasteiger partial charge in [0.05, 0.1) is 4.99 Å². The molecule has 3 N–H and O–H groups in total. The Labute approximate surface area is 121 Å². The summed E-state index contributed by atoms with van der Waals surface area (Å²) >= 11 is 5.19. The normalized spacial score (nSPS) is 12.6. The second-order valence-corrected chi connectivity index (χ2v) is 5.38. The van der Waals surface area contributed by atoms with Gasteiger partial charge in [0, 0.05) is 19.1 Å². The summed E-state index contributed by atoms with van der Waals surface area (Å²) in [5.74, 6) is 0.110. The Bertz CT molecular complexity index is 370. The lowest BCUT2D eigenvalue weighted by Crippen LogP contribution is -2.32. The zero-order chi connectivity index (χ0) is 14.1. The molecule has 1 atom stereocenters. The van der Waals surface area contributed by atoms with E-state index in [0.29, 0.717) is 4.99 Å². The predicted octanol–water partition coefficient (Wildman–Crippen LogP) is 2.15. The summed E-state index contributed by atoms with van der Waals surface area (Å²) in [7, 11) is 2.09. The van der Waals surface area contributed by atoms with E-state index < -0.39 is 0 Å². The summed E-state index contributed by atoms with van der Waals surface area (Å²) in [5.41, 5.74) is 7.04. The number of aliphatic hydroxyl groups excluding tert-OH is 1. The minimum absolute atomic E-state index is 0.110. The van der Waals surface area contributed by atoms with Crippen LogP contribution in [0.4, 0.5) is 0 Å². The second kappa shape index (κ2) is 9.02. The van der Waals surface area contributed by atoms with E-state index in [9.17, 15) is 0 Å². The lowest BCUT2D eigenvalue weighted by atomic mass is 9.98. The molecule has 106 valence electrons. The van der Waals surface area contributed by atoms with E-state index in [2.05, 4.69) is 24.1 Å². The van der Waals surface area contributed by atoms with Gasteiger partial charge in [0.15, 0.2) is 0 Å². The first-order chi connectivity index (χ1) is 9.15. The molecular weight excluding hydrogens is 256 g/mol. The van der Waals surface area contributed by atoms with Gasteiger partial charge >= 0.3 is 0 Å². The van der Waals surface area contributed by atoms with Crippen molar-refractivity contribution in [3.05, 3.63) is 35.9 Å². The number of hydrogen-bond donors (Lipinski definition) is 2. The van der Waals surface area contributed by atoms with Crippen molar-refractivity contribution < 1.29 is 5.11 Å². The lowest BCUT2D eigenvalue weighted by Gasteiger charge is -2.23. The molecule has 1 rings (SSSR count). The van der Waals surface area contributed by atoms with E-state index >= 15 is 0 Å². The molecule has 0 fully saturated rings. The van der Waals surface area contributed by atoms with Gasteiger partial charge in [0.25, 0.3) is 0 Å². The number of unbranched alkanes of at least 4 members (excludes halogenated alkanes) is 2. The SMILES string of the molecule is CN(CCCCCO)CC(C(N)=S)c1ccccc1. The number of aliphatic hydroxyl groups is 1. The van der Waals surface area contributed by atoms with E-state index in [0.717, 1.165) is 32.4 Å². The smallest absolute Gasteiger partial charge is 0.0816 e. The van der Waals surface area contributed by atoms with Gasteiger partial charge in [-0.15, -0.1) is 0 Å². The summed E-state index contributed by atoms with van der Waals surface area (Å²) < 4.78 is 0. The first kappa shape index (κ1) is 16.1. The van der Waals surface area contributed by atoms with Gasteiger partial charge < -0.3 is 15.7 Å². The van der Waals surface area contributed by atoms with Crippen LogP contribution >= 0.6 is 12.2 Å². The third kappa shape index (κ3) is 6.14. The van der Waals surface area contributed by atoms with E-state index in [1.54, 1.807) is 0 Å². The highest BCUT2D eigenvalue weighted by Gasteiger charge is 2.16. The fraction of sp³-hybridized carbons (Fsp3) is 0.533. The summed E-state index contributed by atoms with van der Waals surface area (Å²) in [6.07, 6.45) is 3.03. The Morgan fingerprint density at radius 3 is 2.53 bits per heavy atom. The topological polar surface area (TPSA) is 49.5 Å². The maximum atomic E-state index is 8.75. The van der Waals surface area contributed by atoms with Crippen molar-refractivity contribution in [3.8, 4) is 0 Å². The van der Waals surface area contributed by atoms with Crippen LogP contribution in [0, 0.1) is 0 Å². The van der Waals surface area contributed by atoms with Crippen LogP contribution in [0.1, 0.15) is 30.7 Å². The number of thiocarbonyl (C=S) groups is 1. The van der Waals surface area contributed by atoms with Crippen molar-refractivity contribution >= 4 is 17.2 Å². The predicted molar refractivity (Wildman–Crippen MR) is 84.4 cm³/mol. The number of benzene rings is 1. The molecule has 0 aromatic heterocycles. The molecule has 0 saturated carbocycles. The molecule has 0 heterocycles. The molecule has 0 amide bonds. The molecule has 0 aliphatic rings. The average molecular weight is 280 g/mol. The highest BCUT2D eigenvalue weighted by molar-refractivity contribution is 7.80. The zero-order valence-corrected chi connectivity index (χ0v) is 12.4. The number of nitrogens with two attached hydrogens (primary N) is 1. The van der Waals surface area contributed by atoms with Gasteiger partial charge in [-0.2, -0.15) is 0 Å². The molecule has 3 nitrogen and oxygen atoms in total. The molecule has 1 aromatic rings. The van der Waals surface area contributed by atoms with Crippen LogP contribution in [0.5, 0.6) is 0 Å². The molecule has 19 heavy (non-hydrogen) atoms. The quantitative estimate of drug-likeness (QED) is 0.537. The van der Waals surface area contributed by atoms with Crippen LogP contribution in [0.15, 0.2) is 30.3 Å². The fourth-order valence-corrected chi connectivity index (χ4v) is 2.33. The summed E-state index contributed by atoms with van der Waals surface area (Å²) in [5, 5.41) is 8.75. The van der Waals surface area contributed by atoms with Gasteiger partial charge in [-0.05, 0) is 38.4 Å². The Morgan fingerprint density at radius 2 is 1.95 bits per heavy atom. The van der Waals surface area contributed by atoms with Crippen molar-refractivity contribution in [3.63, 3.8) is 0 Å². The van der Waals surface area contributed by atoms with Crippen LogP contribution in [0.2, 0.25) is 0 Å². The number of hydrogen-bond acceptors (Lipinski definition) is 3. The number of rotatable bonds is 9. The maximum Gasteiger partial charge on any atom is 0.0816 e. The van der Waals surface area contributed by atoms with Crippen LogP contribution in [0.25, 0.3) is 0 Å². The standard InChI is InChI=1S/C15H24N2OS/c1-17(10-6-3-7-11-18)12-14(15(16)19)13-8-4-2-5-9-13/h2,4-5,8-9,14,18H,3,6-7,10-12H2,1H3,(H2,16,19). The molecule has 0 aliphatic carbocycles. The average Bonchev–Trinajstić information content (AvgIpc) is 2.41. The first-order valence-corrected chi connectivity index (χ1v) is 7.19. The fourth-order valence-electron chi connectivity index (χ4n) is 2.12. The minimum atomic E-state index is 0.110. The third-order valence-electron chi connectivity index (χ3n) is 3.24.